The topological polar surface area (TPSA) is 86.7 Å². The first-order chi connectivity index (χ1) is 10.8. The van der Waals surface area contributed by atoms with Gasteiger partial charge in [-0.05, 0) is 0 Å². The molecule has 0 atom stereocenters. The number of piperazine rings is 1. The molecule has 3 aromatic heterocycles. The summed E-state index contributed by atoms with van der Waals surface area (Å²) < 4.78 is 12.9. The molecule has 0 amide bonds. The van der Waals surface area contributed by atoms with Crippen LogP contribution >= 0.6 is 0 Å². The molecule has 1 fully saturated rings. The Morgan fingerprint density at radius 3 is 2.41 bits per heavy atom. The van der Waals surface area contributed by atoms with Crippen LogP contribution in [0, 0.1) is 5.82 Å². The highest BCUT2D eigenvalue weighted by Gasteiger charge is 2.21. The highest BCUT2D eigenvalue weighted by Crippen LogP contribution is 2.22. The van der Waals surface area contributed by atoms with Gasteiger partial charge >= 0.3 is 0 Å². The lowest BCUT2D eigenvalue weighted by Crippen LogP contribution is -2.47. The van der Waals surface area contributed by atoms with Crippen LogP contribution in [0.5, 0.6) is 0 Å². The number of anilines is 2. The molecule has 4 heterocycles. The fraction of sp³-hybridized carbons (Fsp3) is 0.308. The normalized spacial score (nSPS) is 15.5. The van der Waals surface area contributed by atoms with Gasteiger partial charge in [0.05, 0.1) is 24.0 Å². The lowest BCUT2D eigenvalue weighted by molar-refractivity contribution is 0.602. The second-order valence-corrected chi connectivity index (χ2v) is 5.00. The van der Waals surface area contributed by atoms with E-state index in [4.69, 9.17) is 0 Å². The molecular formula is C13H13FN8. The van der Waals surface area contributed by atoms with Crippen molar-refractivity contribution in [1.29, 1.82) is 0 Å². The third-order valence-corrected chi connectivity index (χ3v) is 3.70. The van der Waals surface area contributed by atoms with Gasteiger partial charge in [0.25, 0.3) is 0 Å². The lowest BCUT2D eigenvalue weighted by atomic mass is 10.3. The van der Waals surface area contributed by atoms with Gasteiger partial charge in [0.1, 0.15) is 12.1 Å². The number of hydrogen-bond donors (Lipinski definition) is 1. The maximum absolute atomic E-state index is 12.9. The molecule has 8 nitrogen and oxygen atoms in total. The van der Waals surface area contributed by atoms with Crippen LogP contribution in [-0.2, 0) is 0 Å². The van der Waals surface area contributed by atoms with Crippen LogP contribution in [0.3, 0.4) is 0 Å². The van der Waals surface area contributed by atoms with Crippen LogP contribution in [0.1, 0.15) is 0 Å². The minimum absolute atomic E-state index is 0.425. The summed E-state index contributed by atoms with van der Waals surface area (Å²) in [6, 6.07) is 0. The van der Waals surface area contributed by atoms with E-state index in [1.165, 1.54) is 18.7 Å². The van der Waals surface area contributed by atoms with Crippen LogP contribution in [-0.4, -0.2) is 56.3 Å². The maximum Gasteiger partial charge on any atom is 0.225 e. The zero-order valence-electron chi connectivity index (χ0n) is 11.6. The van der Waals surface area contributed by atoms with Crippen molar-refractivity contribution in [1.82, 2.24) is 30.1 Å². The van der Waals surface area contributed by atoms with Crippen LogP contribution in [0.4, 0.5) is 16.2 Å². The van der Waals surface area contributed by atoms with Crippen molar-refractivity contribution in [3.8, 4) is 0 Å². The molecule has 0 aliphatic carbocycles. The Bertz CT molecular complexity index is 778. The van der Waals surface area contributed by atoms with E-state index in [0.717, 1.165) is 43.0 Å². The number of fused-ring (bicyclic) bond motifs is 1. The molecule has 0 aromatic carbocycles. The van der Waals surface area contributed by atoms with E-state index in [1.807, 2.05) is 4.90 Å². The number of aromatic amines is 1. The van der Waals surface area contributed by atoms with E-state index in [-0.39, 0.29) is 0 Å². The molecule has 1 aliphatic rings. The Balaban J connectivity index is 1.52. The number of nitrogens with one attached hydrogen (secondary N) is 1. The molecular weight excluding hydrogens is 287 g/mol. The van der Waals surface area contributed by atoms with E-state index >= 15 is 0 Å². The van der Waals surface area contributed by atoms with Gasteiger partial charge in [-0.3, -0.25) is 5.10 Å². The van der Waals surface area contributed by atoms with Crippen molar-refractivity contribution < 1.29 is 4.39 Å². The van der Waals surface area contributed by atoms with Crippen molar-refractivity contribution in [3.63, 3.8) is 0 Å². The maximum atomic E-state index is 12.9. The van der Waals surface area contributed by atoms with E-state index in [2.05, 4.69) is 35.0 Å². The van der Waals surface area contributed by atoms with Gasteiger partial charge in [0, 0.05) is 26.2 Å². The molecule has 0 saturated carbocycles. The quantitative estimate of drug-likeness (QED) is 0.742. The Kier molecular flexibility index (Phi) is 3.02. The number of rotatable bonds is 2. The minimum Gasteiger partial charge on any atom is -0.352 e. The Hall–Kier alpha value is -2.84. The molecule has 0 unspecified atom stereocenters. The number of H-pyrrole nitrogens is 1. The van der Waals surface area contributed by atoms with Crippen LogP contribution in [0.15, 0.2) is 24.9 Å². The van der Waals surface area contributed by atoms with Gasteiger partial charge in [0.15, 0.2) is 11.5 Å². The molecule has 0 radical (unpaired) electrons. The molecule has 9 heteroatoms. The predicted molar refractivity (Wildman–Crippen MR) is 78.1 cm³/mol. The first-order valence-electron chi connectivity index (χ1n) is 6.93. The molecule has 1 N–H and O–H groups in total. The van der Waals surface area contributed by atoms with E-state index in [9.17, 15) is 4.39 Å². The van der Waals surface area contributed by atoms with E-state index in [1.54, 1.807) is 6.20 Å². The summed E-state index contributed by atoms with van der Waals surface area (Å²) in [7, 11) is 0. The lowest BCUT2D eigenvalue weighted by Gasteiger charge is -2.35. The van der Waals surface area contributed by atoms with Crippen molar-refractivity contribution in [3.05, 3.63) is 30.7 Å². The predicted octanol–water partition coefficient (Wildman–Crippen LogP) is 0.609. The molecule has 1 saturated heterocycles. The molecule has 3 aromatic rings. The Labute approximate surface area is 125 Å². The van der Waals surface area contributed by atoms with Crippen LogP contribution < -0.4 is 9.80 Å². The standard InChI is InChI=1S/C13H13FN8/c14-9-5-15-13(16-6-9)22-3-1-21(2-4-22)12-10-7-19-20-11(10)17-8-18-12/h5-8H,1-4H2,(H,17,18,19,20). The monoisotopic (exact) mass is 300 g/mol. The molecule has 1 aliphatic heterocycles. The number of halogens is 1. The van der Waals surface area contributed by atoms with Gasteiger partial charge < -0.3 is 9.80 Å². The van der Waals surface area contributed by atoms with Gasteiger partial charge in [-0.15, -0.1) is 0 Å². The second-order valence-electron chi connectivity index (χ2n) is 5.00. The molecule has 112 valence electrons. The Morgan fingerprint density at radius 1 is 0.909 bits per heavy atom. The van der Waals surface area contributed by atoms with E-state index in [0.29, 0.717) is 5.95 Å². The number of nitrogens with zero attached hydrogens (tertiary/aromatic N) is 7. The van der Waals surface area contributed by atoms with E-state index < -0.39 is 5.82 Å². The largest absolute Gasteiger partial charge is 0.352 e. The summed E-state index contributed by atoms with van der Waals surface area (Å²) in [6.45, 7) is 3.04. The number of aromatic nitrogens is 6. The Morgan fingerprint density at radius 2 is 1.64 bits per heavy atom. The smallest absolute Gasteiger partial charge is 0.225 e. The van der Waals surface area contributed by atoms with Crippen LogP contribution in [0.25, 0.3) is 11.0 Å². The third kappa shape index (κ3) is 2.20. The van der Waals surface area contributed by atoms with Gasteiger partial charge in [-0.1, -0.05) is 0 Å². The van der Waals surface area contributed by atoms with Gasteiger partial charge in [-0.2, -0.15) is 5.10 Å². The molecule has 0 bridgehead atoms. The first-order valence-corrected chi connectivity index (χ1v) is 6.93. The summed E-state index contributed by atoms with van der Waals surface area (Å²) in [5, 5.41) is 7.76. The fourth-order valence-electron chi connectivity index (χ4n) is 2.59. The number of hydrogen-bond acceptors (Lipinski definition) is 7. The average molecular weight is 300 g/mol. The second kappa shape index (κ2) is 5.17. The highest BCUT2D eigenvalue weighted by molar-refractivity contribution is 5.86. The summed E-state index contributed by atoms with van der Waals surface area (Å²) in [6.07, 6.45) is 5.65. The minimum atomic E-state index is -0.425. The van der Waals surface area contributed by atoms with Gasteiger partial charge in [-0.25, -0.2) is 24.3 Å². The first kappa shape index (κ1) is 12.9. The van der Waals surface area contributed by atoms with Crippen molar-refractivity contribution in [2.45, 2.75) is 0 Å². The van der Waals surface area contributed by atoms with Crippen molar-refractivity contribution in [2.75, 3.05) is 36.0 Å². The summed E-state index contributed by atoms with van der Waals surface area (Å²) in [5.41, 5.74) is 0.731. The van der Waals surface area contributed by atoms with Crippen molar-refractivity contribution >= 4 is 22.8 Å². The third-order valence-electron chi connectivity index (χ3n) is 3.70. The SMILES string of the molecule is Fc1cnc(N2CCN(c3ncnc4[nH]ncc34)CC2)nc1. The summed E-state index contributed by atoms with van der Waals surface area (Å²) >= 11 is 0. The summed E-state index contributed by atoms with van der Waals surface area (Å²) in [4.78, 5) is 20.8. The fourth-order valence-corrected chi connectivity index (χ4v) is 2.59. The average Bonchev–Trinajstić information content (AvgIpc) is 3.04. The molecule has 22 heavy (non-hydrogen) atoms. The zero-order chi connectivity index (χ0) is 14.9. The molecule has 0 spiro atoms. The molecule has 4 rings (SSSR count). The van der Waals surface area contributed by atoms with Gasteiger partial charge in [0.2, 0.25) is 5.95 Å². The zero-order valence-corrected chi connectivity index (χ0v) is 11.6. The van der Waals surface area contributed by atoms with Crippen LogP contribution in [0.2, 0.25) is 0 Å². The van der Waals surface area contributed by atoms with Crippen molar-refractivity contribution in [2.24, 2.45) is 0 Å². The summed E-state index contributed by atoms with van der Waals surface area (Å²) in [5.74, 6) is 1.00. The highest BCUT2D eigenvalue weighted by atomic mass is 19.1.